The molecule has 0 bridgehead atoms. The number of benzene rings is 2. The lowest BCUT2D eigenvalue weighted by molar-refractivity contribution is -0.148. The average Bonchev–Trinajstić information content (AvgIpc) is 3.16. The zero-order valence-electron chi connectivity index (χ0n) is 33.2. The van der Waals surface area contributed by atoms with Crippen molar-refractivity contribution in [2.24, 2.45) is 5.92 Å². The van der Waals surface area contributed by atoms with Crippen molar-refractivity contribution in [3.8, 4) is 0 Å². The van der Waals surface area contributed by atoms with Gasteiger partial charge in [0.2, 0.25) is 0 Å². The maximum Gasteiger partial charge on any atom is 0.334 e. The second kappa shape index (κ2) is 27.6. The molecule has 2 unspecified atom stereocenters. The highest BCUT2D eigenvalue weighted by atomic mass is 32.2. The minimum Gasteiger partial charge on any atom is -0.465 e. The van der Waals surface area contributed by atoms with Crippen molar-refractivity contribution in [1.29, 1.82) is 0 Å². The molecule has 0 aliphatic rings. The van der Waals surface area contributed by atoms with Crippen LogP contribution in [0.25, 0.3) is 12.2 Å². The molecule has 0 radical (unpaired) electrons. The summed E-state index contributed by atoms with van der Waals surface area (Å²) in [6.45, 7) is 10.1. The summed E-state index contributed by atoms with van der Waals surface area (Å²) in [6, 6.07) is 18.7. The fourth-order valence-electron chi connectivity index (χ4n) is 5.15. The number of rotatable bonds is 26. The van der Waals surface area contributed by atoms with Crippen LogP contribution in [0.2, 0.25) is 0 Å². The molecule has 0 amide bonds. The van der Waals surface area contributed by atoms with Gasteiger partial charge < -0.3 is 23.7 Å². The second-order valence-electron chi connectivity index (χ2n) is 13.6. The van der Waals surface area contributed by atoms with Crippen LogP contribution in [0.3, 0.4) is 0 Å². The number of hydrogen-bond donors (Lipinski definition) is 0. The van der Waals surface area contributed by atoms with Crippen LogP contribution >= 0.6 is 35.7 Å². The Labute approximate surface area is 345 Å². The highest BCUT2D eigenvalue weighted by molar-refractivity contribution is 8.47. The van der Waals surface area contributed by atoms with Crippen molar-refractivity contribution >= 4 is 81.8 Å². The van der Waals surface area contributed by atoms with Crippen LogP contribution < -0.4 is 0 Å². The van der Waals surface area contributed by atoms with Gasteiger partial charge in [-0.05, 0) is 94.7 Å². The van der Waals surface area contributed by atoms with Gasteiger partial charge in [-0.1, -0.05) is 98.5 Å². The maximum atomic E-state index is 13.1. The Balaban J connectivity index is 1.76. The molecule has 0 N–H and O–H groups in total. The van der Waals surface area contributed by atoms with Gasteiger partial charge in [0, 0.05) is 17.6 Å². The number of esters is 4. The number of unbranched alkanes of at least 4 members (excludes halogenated alkanes) is 4. The van der Waals surface area contributed by atoms with Crippen LogP contribution in [0, 0.1) is 5.92 Å². The number of ether oxygens (including phenoxy) is 5. The molecule has 0 aromatic heterocycles. The van der Waals surface area contributed by atoms with E-state index in [0.717, 1.165) is 29.7 Å². The Morgan fingerprint density at radius 2 is 1.16 bits per heavy atom. The molecule has 0 saturated heterocycles. The standard InChI is InChI=1S/C43H56O10S3/c1-6-55-42(54)56-33(3)39(46)50-25-17-18-26-51-40(47)36(28-34-19-11-9-12-20-34)27-32(2)38(45)49-23-15-7-8-16-24-52-41(48)37(30-43(4,5)53-31-44)29-35-21-13-10-14-22-35/h9-14,19-22,28-29,31-33H,6-8,15-18,23-27,30H2,1-5H3/b36-28+,37-29+. The van der Waals surface area contributed by atoms with E-state index >= 15 is 0 Å². The third kappa shape index (κ3) is 20.8. The van der Waals surface area contributed by atoms with Crippen LogP contribution in [-0.2, 0) is 47.7 Å². The Hall–Kier alpha value is -3.94. The first-order valence-corrected chi connectivity index (χ1v) is 21.3. The van der Waals surface area contributed by atoms with Gasteiger partial charge in [-0.25, -0.2) is 9.59 Å². The Morgan fingerprint density at radius 3 is 1.68 bits per heavy atom. The molecule has 56 heavy (non-hydrogen) atoms. The molecular weight excluding hydrogens is 773 g/mol. The van der Waals surface area contributed by atoms with E-state index in [9.17, 15) is 24.0 Å². The van der Waals surface area contributed by atoms with Gasteiger partial charge in [-0.15, -0.1) is 11.8 Å². The van der Waals surface area contributed by atoms with Crippen LogP contribution in [0.5, 0.6) is 0 Å². The molecule has 0 aliphatic heterocycles. The van der Waals surface area contributed by atoms with E-state index in [4.69, 9.17) is 35.9 Å². The number of carbonyl (C=O) groups excluding carboxylic acids is 5. The van der Waals surface area contributed by atoms with Gasteiger partial charge >= 0.3 is 23.9 Å². The molecule has 2 rings (SSSR count). The summed E-state index contributed by atoms with van der Waals surface area (Å²) >= 11 is 8.08. The summed E-state index contributed by atoms with van der Waals surface area (Å²) in [5.41, 5.74) is 1.53. The predicted octanol–water partition coefficient (Wildman–Crippen LogP) is 9.19. The van der Waals surface area contributed by atoms with Crippen molar-refractivity contribution in [2.75, 3.05) is 32.2 Å². The molecule has 306 valence electrons. The monoisotopic (exact) mass is 828 g/mol. The van der Waals surface area contributed by atoms with E-state index in [1.54, 1.807) is 39.8 Å². The van der Waals surface area contributed by atoms with Crippen LogP contribution in [0.15, 0.2) is 71.8 Å². The summed E-state index contributed by atoms with van der Waals surface area (Å²) in [5.74, 6) is -1.45. The Kier molecular flexibility index (Phi) is 23.8. The van der Waals surface area contributed by atoms with Crippen LogP contribution in [-0.4, -0.2) is 76.9 Å². The van der Waals surface area contributed by atoms with Crippen LogP contribution in [0.1, 0.15) is 97.1 Å². The lowest BCUT2D eigenvalue weighted by atomic mass is 9.96. The SMILES string of the molecule is CCSC(=S)SC(C)C(=O)OCCCCOC(=O)/C(=C/c1ccccc1)CC(C)C(=O)OCCCCCCOC(=O)/C(=C/c1ccccc1)CC(C)(C)OC=O. The molecular formula is C43H56O10S3. The van der Waals surface area contributed by atoms with Gasteiger partial charge in [0.15, 0.2) is 0 Å². The number of thioether (sulfide) groups is 2. The smallest absolute Gasteiger partial charge is 0.334 e. The van der Waals surface area contributed by atoms with Crippen molar-refractivity contribution in [3.63, 3.8) is 0 Å². The molecule has 2 aromatic rings. The van der Waals surface area contributed by atoms with E-state index in [1.165, 1.54) is 23.5 Å². The molecule has 0 spiro atoms. The first-order valence-electron chi connectivity index (χ1n) is 19.0. The van der Waals surface area contributed by atoms with Crippen molar-refractivity contribution in [3.05, 3.63) is 82.9 Å². The fourth-order valence-corrected chi connectivity index (χ4v) is 7.69. The molecule has 13 heteroatoms. The number of hydrogen-bond acceptors (Lipinski definition) is 13. The van der Waals surface area contributed by atoms with Gasteiger partial charge in [-0.2, -0.15) is 0 Å². The molecule has 2 atom stereocenters. The average molecular weight is 829 g/mol. The topological polar surface area (TPSA) is 132 Å². The van der Waals surface area contributed by atoms with E-state index in [2.05, 4.69) is 0 Å². The third-order valence-corrected chi connectivity index (χ3v) is 10.7. The molecule has 0 fully saturated rings. The van der Waals surface area contributed by atoms with E-state index < -0.39 is 29.4 Å². The van der Waals surface area contributed by atoms with Crippen molar-refractivity contribution < 1.29 is 47.7 Å². The quantitative estimate of drug-likeness (QED) is 0.0223. The minimum absolute atomic E-state index is 0.141. The highest BCUT2D eigenvalue weighted by Gasteiger charge is 2.26. The first-order chi connectivity index (χ1) is 26.8. The van der Waals surface area contributed by atoms with Gasteiger partial charge in [-0.3, -0.25) is 14.4 Å². The predicted molar refractivity (Wildman–Crippen MR) is 228 cm³/mol. The molecule has 2 aromatic carbocycles. The van der Waals surface area contributed by atoms with E-state index in [0.29, 0.717) is 46.8 Å². The minimum atomic E-state index is -0.874. The zero-order valence-corrected chi connectivity index (χ0v) is 35.6. The Bertz CT molecular complexity index is 1590. The van der Waals surface area contributed by atoms with Gasteiger partial charge in [0.25, 0.3) is 6.47 Å². The summed E-state index contributed by atoms with van der Waals surface area (Å²) in [7, 11) is 0. The summed E-state index contributed by atoms with van der Waals surface area (Å²) in [4.78, 5) is 62.1. The lowest BCUT2D eigenvalue weighted by Gasteiger charge is -2.23. The van der Waals surface area contributed by atoms with Gasteiger partial charge in [0.1, 0.15) is 14.4 Å². The largest absolute Gasteiger partial charge is 0.465 e. The summed E-state index contributed by atoms with van der Waals surface area (Å²) in [5, 5.41) is -0.387. The van der Waals surface area contributed by atoms with Crippen molar-refractivity contribution in [1.82, 2.24) is 0 Å². The number of thiocarbonyl (C=S) groups is 1. The summed E-state index contributed by atoms with van der Waals surface area (Å²) in [6.07, 6.45) is 7.64. The van der Waals surface area contributed by atoms with Crippen LogP contribution in [0.4, 0.5) is 0 Å². The third-order valence-electron chi connectivity index (χ3n) is 8.12. The highest BCUT2D eigenvalue weighted by Crippen LogP contribution is 2.24. The summed E-state index contributed by atoms with van der Waals surface area (Å²) < 4.78 is 27.8. The molecule has 10 nitrogen and oxygen atoms in total. The maximum absolute atomic E-state index is 13.1. The van der Waals surface area contributed by atoms with E-state index in [1.807, 2.05) is 67.6 Å². The lowest BCUT2D eigenvalue weighted by Crippen LogP contribution is -2.27. The molecule has 0 aliphatic carbocycles. The normalized spacial score (nSPS) is 12.9. The number of carbonyl (C=O) groups is 5. The second-order valence-corrected chi connectivity index (χ2v) is 17.4. The van der Waals surface area contributed by atoms with E-state index in [-0.39, 0.29) is 50.5 Å². The van der Waals surface area contributed by atoms with Crippen molar-refractivity contribution in [2.45, 2.75) is 96.8 Å². The Morgan fingerprint density at radius 1 is 0.696 bits per heavy atom. The fraction of sp³-hybridized carbons (Fsp3) is 0.488. The zero-order chi connectivity index (χ0) is 41.2. The molecule has 0 heterocycles. The molecule has 0 saturated carbocycles. The van der Waals surface area contributed by atoms with Gasteiger partial charge in [0.05, 0.1) is 32.3 Å². The first kappa shape index (κ1) is 48.2.